The summed E-state index contributed by atoms with van der Waals surface area (Å²) in [5, 5.41) is 3.76. The number of hydrogen-bond donors (Lipinski definition) is 1. The summed E-state index contributed by atoms with van der Waals surface area (Å²) in [6.45, 7) is 2.91. The van der Waals surface area contributed by atoms with Crippen LogP contribution in [-0.2, 0) is 10.0 Å². The molecule has 0 bridgehead atoms. The number of rotatable bonds is 6. The van der Waals surface area contributed by atoms with Crippen LogP contribution in [0.1, 0.15) is 24.1 Å². The van der Waals surface area contributed by atoms with Crippen molar-refractivity contribution in [1.29, 1.82) is 0 Å². The molecule has 4 rings (SSSR count). The van der Waals surface area contributed by atoms with Crippen molar-refractivity contribution >= 4 is 43.1 Å². The second kappa shape index (κ2) is 8.37. The zero-order chi connectivity index (χ0) is 21.3. The average molecular weight is 449 g/mol. The van der Waals surface area contributed by atoms with E-state index in [4.69, 9.17) is 9.47 Å². The molecule has 1 saturated heterocycles. The van der Waals surface area contributed by atoms with Gasteiger partial charge in [-0.3, -0.25) is 0 Å². The number of sulfonamides is 1. The SMILES string of the molecule is COc1ccc(Nc2ncnc3sc(C)c(S(=O)(=O)N4CCCCC4)c23)c(OC)c1. The molecule has 0 atom stereocenters. The fourth-order valence-corrected chi connectivity index (χ4v) is 6.89. The molecule has 3 heterocycles. The smallest absolute Gasteiger partial charge is 0.244 e. The van der Waals surface area contributed by atoms with Crippen molar-refractivity contribution in [3.63, 3.8) is 0 Å². The van der Waals surface area contributed by atoms with Crippen molar-refractivity contribution in [2.24, 2.45) is 0 Å². The minimum atomic E-state index is -3.64. The molecule has 0 radical (unpaired) electrons. The first kappa shape index (κ1) is 20.8. The standard InChI is InChI=1S/C20H24N4O4S2/c1-13-18(30(25,26)24-9-5-4-6-10-24)17-19(21-12-22-20(17)29-13)23-15-8-7-14(27-2)11-16(15)28-3/h7-8,11-12H,4-6,9-10H2,1-3H3,(H,21,22,23). The van der Waals surface area contributed by atoms with Crippen molar-refractivity contribution in [2.75, 3.05) is 32.6 Å². The second-order valence-electron chi connectivity index (χ2n) is 7.05. The molecule has 2 aromatic heterocycles. The van der Waals surface area contributed by atoms with Crippen LogP contribution in [0.3, 0.4) is 0 Å². The summed E-state index contributed by atoms with van der Waals surface area (Å²) in [5.41, 5.74) is 0.656. The summed E-state index contributed by atoms with van der Waals surface area (Å²) in [6.07, 6.45) is 4.26. The van der Waals surface area contributed by atoms with E-state index in [0.717, 1.165) is 19.3 Å². The number of methoxy groups -OCH3 is 2. The molecule has 1 N–H and O–H groups in total. The summed E-state index contributed by atoms with van der Waals surface area (Å²) < 4.78 is 39.3. The third-order valence-corrected chi connectivity index (χ3v) is 8.40. The molecule has 1 fully saturated rings. The molecule has 1 aromatic carbocycles. The second-order valence-corrected chi connectivity index (χ2v) is 10.1. The fourth-order valence-electron chi connectivity index (χ4n) is 3.69. The van der Waals surface area contributed by atoms with E-state index in [-0.39, 0.29) is 0 Å². The quantitative estimate of drug-likeness (QED) is 0.610. The zero-order valence-electron chi connectivity index (χ0n) is 17.1. The summed E-state index contributed by atoms with van der Waals surface area (Å²) in [6, 6.07) is 5.36. The van der Waals surface area contributed by atoms with E-state index in [1.807, 2.05) is 13.0 Å². The predicted octanol–water partition coefficient (Wildman–Crippen LogP) is 3.94. The van der Waals surface area contributed by atoms with Crippen LogP contribution in [0.4, 0.5) is 11.5 Å². The van der Waals surface area contributed by atoms with Crippen LogP contribution in [-0.4, -0.2) is 50.0 Å². The largest absolute Gasteiger partial charge is 0.497 e. The summed E-state index contributed by atoms with van der Waals surface area (Å²) in [7, 11) is -0.494. The fraction of sp³-hybridized carbons (Fsp3) is 0.400. The van der Waals surface area contributed by atoms with Crippen molar-refractivity contribution in [3.8, 4) is 11.5 Å². The first-order valence-electron chi connectivity index (χ1n) is 9.69. The number of fused-ring (bicyclic) bond motifs is 1. The number of piperidine rings is 1. The lowest BCUT2D eigenvalue weighted by molar-refractivity contribution is 0.347. The third kappa shape index (κ3) is 3.70. The van der Waals surface area contributed by atoms with Crippen LogP contribution in [0.2, 0.25) is 0 Å². The Morgan fingerprint density at radius 1 is 1.10 bits per heavy atom. The van der Waals surface area contributed by atoms with E-state index in [1.54, 1.807) is 30.7 Å². The number of thiophene rings is 1. The van der Waals surface area contributed by atoms with Crippen molar-refractivity contribution in [1.82, 2.24) is 14.3 Å². The van der Waals surface area contributed by atoms with Gasteiger partial charge in [0.15, 0.2) is 0 Å². The minimum absolute atomic E-state index is 0.292. The summed E-state index contributed by atoms with van der Waals surface area (Å²) in [4.78, 5) is 10.3. The molecule has 1 aliphatic rings. The molecule has 3 aromatic rings. The summed E-state index contributed by atoms with van der Waals surface area (Å²) in [5.74, 6) is 1.65. The number of benzene rings is 1. The van der Waals surface area contributed by atoms with Gasteiger partial charge in [-0.05, 0) is 31.9 Å². The Morgan fingerprint density at radius 2 is 1.87 bits per heavy atom. The molecule has 0 amide bonds. The first-order chi connectivity index (χ1) is 14.5. The summed E-state index contributed by atoms with van der Waals surface area (Å²) >= 11 is 1.36. The Labute approximate surface area is 179 Å². The first-order valence-corrected chi connectivity index (χ1v) is 11.9. The lowest BCUT2D eigenvalue weighted by atomic mass is 10.2. The van der Waals surface area contributed by atoms with E-state index < -0.39 is 10.0 Å². The van der Waals surface area contributed by atoms with E-state index in [9.17, 15) is 8.42 Å². The van der Waals surface area contributed by atoms with Gasteiger partial charge in [0.05, 0.1) is 25.3 Å². The van der Waals surface area contributed by atoms with E-state index >= 15 is 0 Å². The molecule has 160 valence electrons. The highest BCUT2D eigenvalue weighted by atomic mass is 32.2. The number of hydrogen-bond acceptors (Lipinski definition) is 8. The zero-order valence-corrected chi connectivity index (χ0v) is 18.8. The van der Waals surface area contributed by atoms with Gasteiger partial charge in [-0.2, -0.15) is 4.31 Å². The number of ether oxygens (including phenoxy) is 2. The van der Waals surface area contributed by atoms with Crippen molar-refractivity contribution < 1.29 is 17.9 Å². The molecular formula is C20H24N4O4S2. The van der Waals surface area contributed by atoms with Gasteiger partial charge in [0.2, 0.25) is 10.0 Å². The maximum Gasteiger partial charge on any atom is 0.244 e. The van der Waals surface area contributed by atoms with E-state index in [1.165, 1.54) is 17.7 Å². The molecule has 10 heteroatoms. The number of aromatic nitrogens is 2. The van der Waals surface area contributed by atoms with Gasteiger partial charge in [-0.25, -0.2) is 18.4 Å². The van der Waals surface area contributed by atoms with E-state index in [2.05, 4.69) is 15.3 Å². The molecule has 0 aliphatic carbocycles. The molecule has 0 spiro atoms. The van der Waals surface area contributed by atoms with Gasteiger partial charge in [0, 0.05) is 24.0 Å². The number of anilines is 2. The topological polar surface area (TPSA) is 93.7 Å². The van der Waals surface area contributed by atoms with Gasteiger partial charge in [0.25, 0.3) is 0 Å². The van der Waals surface area contributed by atoms with Gasteiger partial charge < -0.3 is 14.8 Å². The van der Waals surface area contributed by atoms with Crippen LogP contribution in [0.25, 0.3) is 10.2 Å². The highest BCUT2D eigenvalue weighted by Gasteiger charge is 2.32. The third-order valence-electron chi connectivity index (χ3n) is 5.18. The monoisotopic (exact) mass is 448 g/mol. The van der Waals surface area contributed by atoms with Crippen molar-refractivity contribution in [3.05, 3.63) is 29.4 Å². The van der Waals surface area contributed by atoms with Gasteiger partial charge >= 0.3 is 0 Å². The van der Waals surface area contributed by atoms with Crippen LogP contribution >= 0.6 is 11.3 Å². The molecule has 30 heavy (non-hydrogen) atoms. The Kier molecular flexibility index (Phi) is 5.81. The Morgan fingerprint density at radius 3 is 2.57 bits per heavy atom. The van der Waals surface area contributed by atoms with Crippen LogP contribution in [0.5, 0.6) is 11.5 Å². The molecule has 1 aliphatic heterocycles. The van der Waals surface area contributed by atoms with Crippen LogP contribution in [0.15, 0.2) is 29.4 Å². The number of nitrogens with one attached hydrogen (secondary N) is 1. The molecule has 0 saturated carbocycles. The molecule has 8 nitrogen and oxygen atoms in total. The minimum Gasteiger partial charge on any atom is -0.497 e. The maximum atomic E-state index is 13.5. The van der Waals surface area contributed by atoms with Crippen LogP contribution < -0.4 is 14.8 Å². The Balaban J connectivity index is 1.83. The van der Waals surface area contributed by atoms with Gasteiger partial charge in [-0.1, -0.05) is 6.42 Å². The Hall–Kier alpha value is -2.43. The normalized spacial score (nSPS) is 15.3. The average Bonchev–Trinajstić information content (AvgIpc) is 3.12. The molecular weight excluding hydrogens is 424 g/mol. The van der Waals surface area contributed by atoms with Gasteiger partial charge in [-0.15, -0.1) is 11.3 Å². The van der Waals surface area contributed by atoms with Gasteiger partial charge in [0.1, 0.15) is 33.4 Å². The van der Waals surface area contributed by atoms with Crippen molar-refractivity contribution in [2.45, 2.75) is 31.1 Å². The Bertz CT molecular complexity index is 1170. The lowest BCUT2D eigenvalue weighted by Crippen LogP contribution is -2.35. The molecule has 0 unspecified atom stereocenters. The van der Waals surface area contributed by atoms with E-state index in [0.29, 0.717) is 56.1 Å². The van der Waals surface area contributed by atoms with Crippen LogP contribution in [0, 0.1) is 6.92 Å². The highest BCUT2D eigenvalue weighted by molar-refractivity contribution is 7.89. The lowest BCUT2D eigenvalue weighted by Gasteiger charge is -2.26. The number of nitrogens with zero attached hydrogens (tertiary/aromatic N) is 3. The predicted molar refractivity (Wildman–Crippen MR) is 118 cm³/mol. The highest BCUT2D eigenvalue weighted by Crippen LogP contribution is 2.40. The number of aryl methyl sites for hydroxylation is 1. The maximum absolute atomic E-state index is 13.5.